The fourth-order valence-electron chi connectivity index (χ4n) is 4.53. The van der Waals surface area contributed by atoms with Crippen LogP contribution >= 0.6 is 0 Å². The Morgan fingerprint density at radius 1 is 1.03 bits per heavy atom. The zero-order valence-electron chi connectivity index (χ0n) is 19.6. The Morgan fingerprint density at radius 3 is 2.47 bits per heavy atom. The topological polar surface area (TPSA) is 93.7 Å². The van der Waals surface area contributed by atoms with Crippen molar-refractivity contribution >= 4 is 59.7 Å². The zero-order valence-corrected chi connectivity index (χ0v) is 21.0. The number of aldehydes is 1. The van der Waals surface area contributed by atoms with E-state index < -0.39 is 0 Å². The van der Waals surface area contributed by atoms with E-state index in [0.29, 0.717) is 22.0 Å². The summed E-state index contributed by atoms with van der Waals surface area (Å²) in [6, 6.07) is 1.74. The second-order valence-electron chi connectivity index (χ2n) is 8.62. The standard InChI is InChI=1S/C27H25N4O2.Mg/c1-5-20-15(3)24-10-22-14(2)6-18(28-22)9-26-21(13-33)16(4)23(30-26)8-19-7-17(12-32)25(29-19)11-27(20)31-24;/h5,7-12,14,33H,1,6,13H2,2-4H3,(H-,28,30,32);/q-3;+2/p-1/b22-10-,25-11-;/t14-;/m0./s1. The van der Waals surface area contributed by atoms with E-state index in [1.807, 2.05) is 38.2 Å². The van der Waals surface area contributed by atoms with Crippen LogP contribution in [-0.4, -0.2) is 34.4 Å². The van der Waals surface area contributed by atoms with Gasteiger partial charge in [-0.1, -0.05) is 61.1 Å². The van der Waals surface area contributed by atoms with Crippen molar-refractivity contribution in [2.24, 2.45) is 5.92 Å². The van der Waals surface area contributed by atoms with Gasteiger partial charge in [0.2, 0.25) is 0 Å². The summed E-state index contributed by atoms with van der Waals surface area (Å²) in [6.07, 6.45) is 11.0. The van der Waals surface area contributed by atoms with E-state index in [4.69, 9.17) is 15.3 Å². The van der Waals surface area contributed by atoms with Crippen LogP contribution in [0.25, 0.3) is 35.7 Å². The first-order chi connectivity index (χ1) is 15.9. The SMILES string of the molecule is C=Cc1c2[n-]c(c1C)/C=C1\[N-]/C(=C\c3[n-]c(c(C)c3CO)/C=c3/cc(C=O)/c([n-]3)=C/2)C[C@@H]1C.[Mg+2]. The summed E-state index contributed by atoms with van der Waals surface area (Å²) in [6.45, 7) is 9.95. The third kappa shape index (κ3) is 4.04. The first-order valence-electron chi connectivity index (χ1n) is 10.9. The zero-order chi connectivity index (χ0) is 23.3. The molecule has 6 nitrogen and oxygen atoms in total. The third-order valence-electron chi connectivity index (χ3n) is 6.47. The Labute approximate surface area is 214 Å². The van der Waals surface area contributed by atoms with Gasteiger partial charge in [-0.2, -0.15) is 11.4 Å². The molecule has 0 radical (unpaired) electrons. The van der Waals surface area contributed by atoms with Gasteiger partial charge in [0.25, 0.3) is 0 Å². The molecule has 5 heterocycles. The third-order valence-corrected chi connectivity index (χ3v) is 6.47. The number of hydrogen-bond acceptors (Lipinski definition) is 2. The van der Waals surface area contributed by atoms with E-state index in [1.165, 1.54) is 0 Å². The van der Waals surface area contributed by atoms with Gasteiger partial charge in [0.05, 0.1) is 6.61 Å². The predicted molar refractivity (Wildman–Crippen MR) is 135 cm³/mol. The maximum atomic E-state index is 11.8. The summed E-state index contributed by atoms with van der Waals surface area (Å²) in [7, 11) is 0. The monoisotopic (exact) mass is 460 g/mol. The number of allylic oxidation sites excluding steroid dienone is 2. The number of nitrogens with zero attached hydrogens (tertiary/aromatic N) is 4. The number of fused-ring (bicyclic) bond motifs is 8. The Bertz CT molecular complexity index is 1480. The molecular weight excluding hydrogens is 437 g/mol. The van der Waals surface area contributed by atoms with Crippen LogP contribution in [0.1, 0.15) is 68.7 Å². The van der Waals surface area contributed by atoms with Crippen LogP contribution in [0.3, 0.4) is 0 Å². The number of hydrogen-bond donors (Lipinski definition) is 1. The molecule has 2 aliphatic rings. The van der Waals surface area contributed by atoms with Crippen LogP contribution in [0.2, 0.25) is 0 Å². The van der Waals surface area contributed by atoms with Crippen LogP contribution in [0.15, 0.2) is 24.0 Å². The van der Waals surface area contributed by atoms with E-state index in [0.717, 1.165) is 63.4 Å². The number of rotatable bonds is 3. The van der Waals surface area contributed by atoms with E-state index in [1.54, 1.807) is 12.1 Å². The number of aliphatic hydroxyl groups is 1. The van der Waals surface area contributed by atoms with Crippen molar-refractivity contribution in [1.82, 2.24) is 15.0 Å². The number of carbonyl (C=O) groups is 1. The molecule has 2 aliphatic heterocycles. The molecule has 3 aromatic rings. The smallest absolute Gasteiger partial charge is 0.665 e. The molecule has 8 bridgehead atoms. The second kappa shape index (κ2) is 9.33. The van der Waals surface area contributed by atoms with E-state index in [2.05, 4.69) is 18.5 Å². The van der Waals surface area contributed by atoms with Gasteiger partial charge in [-0.3, -0.25) is 4.79 Å². The molecule has 3 aromatic heterocycles. The first kappa shape index (κ1) is 24.1. The molecular formula is C27H24MgN4O2-2. The van der Waals surface area contributed by atoms with Crippen LogP contribution in [0.4, 0.5) is 0 Å². The van der Waals surface area contributed by atoms with Crippen LogP contribution < -0.4 is 25.7 Å². The minimum absolute atomic E-state index is 0. The molecule has 168 valence electrons. The number of carbonyl (C=O) groups excluding carboxylic acids is 1. The summed E-state index contributed by atoms with van der Waals surface area (Å²) < 4.78 is 0. The average molecular weight is 461 g/mol. The van der Waals surface area contributed by atoms with Gasteiger partial charge >= 0.3 is 23.1 Å². The predicted octanol–water partition coefficient (Wildman–Crippen LogP) is 2.51. The van der Waals surface area contributed by atoms with E-state index in [9.17, 15) is 9.90 Å². The second-order valence-corrected chi connectivity index (χ2v) is 8.62. The minimum Gasteiger partial charge on any atom is -0.665 e. The molecule has 34 heavy (non-hydrogen) atoms. The molecule has 0 aromatic carbocycles. The minimum atomic E-state index is -0.111. The maximum absolute atomic E-state index is 11.8. The first-order valence-corrected chi connectivity index (χ1v) is 10.9. The quantitative estimate of drug-likeness (QED) is 0.479. The number of aliphatic hydroxyl groups excluding tert-OH is 1. The van der Waals surface area contributed by atoms with Crippen molar-refractivity contribution in [3.63, 3.8) is 0 Å². The Morgan fingerprint density at radius 2 is 1.76 bits per heavy atom. The summed E-state index contributed by atoms with van der Waals surface area (Å²) in [5.41, 5.74) is 8.97. The van der Waals surface area contributed by atoms with Crippen LogP contribution in [0, 0.1) is 19.8 Å². The summed E-state index contributed by atoms with van der Waals surface area (Å²) in [5.74, 6) is 0.239. The maximum Gasteiger partial charge on any atom is 2.00 e. The van der Waals surface area contributed by atoms with Gasteiger partial charge in [0.15, 0.2) is 0 Å². The van der Waals surface area contributed by atoms with Crippen molar-refractivity contribution in [2.75, 3.05) is 0 Å². The van der Waals surface area contributed by atoms with Crippen molar-refractivity contribution in [3.8, 4) is 0 Å². The van der Waals surface area contributed by atoms with Gasteiger partial charge in [-0.25, -0.2) is 0 Å². The van der Waals surface area contributed by atoms with Crippen LogP contribution in [0.5, 0.6) is 0 Å². The summed E-state index contributed by atoms with van der Waals surface area (Å²) in [4.78, 5) is 26.0. The summed E-state index contributed by atoms with van der Waals surface area (Å²) >= 11 is 0. The van der Waals surface area contributed by atoms with Gasteiger partial charge < -0.3 is 25.4 Å². The molecule has 0 spiro atoms. The van der Waals surface area contributed by atoms with Gasteiger partial charge in [0.1, 0.15) is 6.29 Å². The molecule has 5 rings (SSSR count). The Balaban J connectivity index is 0.00000274. The molecule has 7 heteroatoms. The fraction of sp³-hybridized carbons (Fsp3) is 0.222. The van der Waals surface area contributed by atoms with Crippen molar-refractivity contribution in [1.29, 1.82) is 0 Å². The number of aromatic nitrogens is 3. The van der Waals surface area contributed by atoms with E-state index >= 15 is 0 Å². The van der Waals surface area contributed by atoms with Gasteiger partial charge in [-0.15, -0.1) is 33.5 Å². The molecule has 0 saturated carbocycles. The van der Waals surface area contributed by atoms with Gasteiger partial charge in [-0.05, 0) is 42.9 Å². The molecule has 0 aliphatic carbocycles. The van der Waals surface area contributed by atoms with E-state index in [-0.39, 0.29) is 35.6 Å². The van der Waals surface area contributed by atoms with Crippen molar-refractivity contribution in [2.45, 2.75) is 33.8 Å². The molecule has 1 fully saturated rings. The van der Waals surface area contributed by atoms with Crippen molar-refractivity contribution < 1.29 is 9.90 Å². The Hall–Kier alpha value is -3.00. The average Bonchev–Trinajstić information content (AvgIpc) is 3.49. The molecule has 1 saturated heterocycles. The van der Waals surface area contributed by atoms with Crippen LogP contribution in [-0.2, 0) is 6.61 Å². The normalized spacial score (nSPS) is 21.5. The molecule has 1 atom stereocenters. The fourth-order valence-corrected chi connectivity index (χ4v) is 4.53. The van der Waals surface area contributed by atoms with Crippen molar-refractivity contribution in [3.05, 3.63) is 90.6 Å². The Kier molecular flexibility index (Phi) is 6.62. The summed E-state index contributed by atoms with van der Waals surface area (Å²) in [5, 5.41) is 16.0. The largest absolute Gasteiger partial charge is 2.00 e. The molecule has 0 amide bonds. The molecule has 0 unspecified atom stereocenters. The molecule has 1 N–H and O–H groups in total. The van der Waals surface area contributed by atoms with Gasteiger partial charge in [0, 0.05) is 0 Å².